The number of aromatic nitrogens is 1. The van der Waals surface area contributed by atoms with Gasteiger partial charge in [0.15, 0.2) is 0 Å². The second kappa shape index (κ2) is 6.87. The third-order valence-corrected chi connectivity index (χ3v) is 4.20. The molecule has 2 aromatic rings. The topological polar surface area (TPSA) is 51.2 Å². The summed E-state index contributed by atoms with van der Waals surface area (Å²) in [5.41, 5.74) is 4.32. The van der Waals surface area contributed by atoms with Gasteiger partial charge in [-0.3, -0.25) is 9.78 Å². The van der Waals surface area contributed by atoms with Crippen molar-refractivity contribution in [1.82, 2.24) is 10.3 Å². The Morgan fingerprint density at radius 2 is 2.12 bits per heavy atom. The average Bonchev–Trinajstić information content (AvgIpc) is 2.94. The molecule has 1 atom stereocenters. The third kappa shape index (κ3) is 4.38. The van der Waals surface area contributed by atoms with Crippen LogP contribution in [0.25, 0.3) is 11.3 Å². The highest BCUT2D eigenvalue weighted by Crippen LogP contribution is 2.39. The van der Waals surface area contributed by atoms with E-state index in [0.29, 0.717) is 13.0 Å². The minimum absolute atomic E-state index is 0.00710. The van der Waals surface area contributed by atoms with Gasteiger partial charge in [-0.05, 0) is 41.7 Å². The predicted molar refractivity (Wildman–Crippen MR) is 99.6 cm³/mol. The molecule has 2 heterocycles. The molecular weight excluding hydrogens is 312 g/mol. The van der Waals surface area contributed by atoms with Gasteiger partial charge in [-0.25, -0.2) is 0 Å². The molecule has 25 heavy (non-hydrogen) atoms. The van der Waals surface area contributed by atoms with E-state index < -0.39 is 0 Å². The van der Waals surface area contributed by atoms with E-state index in [1.165, 1.54) is 11.1 Å². The molecule has 0 saturated heterocycles. The van der Waals surface area contributed by atoms with Crippen LogP contribution in [0.2, 0.25) is 0 Å². The lowest BCUT2D eigenvalue weighted by Gasteiger charge is -2.18. The number of pyridine rings is 1. The summed E-state index contributed by atoms with van der Waals surface area (Å²) in [5, 5.41) is 3.01. The van der Waals surface area contributed by atoms with Crippen molar-refractivity contribution in [3.63, 3.8) is 0 Å². The van der Waals surface area contributed by atoms with E-state index in [2.05, 4.69) is 50.1 Å². The number of ether oxygens (including phenoxy) is 1. The number of fused-ring (bicyclic) bond motifs is 1. The van der Waals surface area contributed by atoms with E-state index in [-0.39, 0.29) is 17.4 Å². The van der Waals surface area contributed by atoms with E-state index >= 15 is 0 Å². The summed E-state index contributed by atoms with van der Waals surface area (Å²) < 4.78 is 6.17. The van der Waals surface area contributed by atoms with Crippen molar-refractivity contribution in [3.8, 4) is 17.0 Å². The fraction of sp³-hybridized carbons (Fsp3) is 0.429. The molecule has 0 radical (unpaired) electrons. The van der Waals surface area contributed by atoms with Crippen LogP contribution in [0.4, 0.5) is 0 Å². The van der Waals surface area contributed by atoms with E-state index in [1.807, 2.05) is 18.2 Å². The van der Waals surface area contributed by atoms with E-state index in [0.717, 1.165) is 23.4 Å². The maximum Gasteiger partial charge on any atom is 0.220 e. The first-order chi connectivity index (χ1) is 11.8. The van der Waals surface area contributed by atoms with Gasteiger partial charge < -0.3 is 10.1 Å². The molecule has 4 nitrogen and oxygen atoms in total. The summed E-state index contributed by atoms with van der Waals surface area (Å²) in [5.74, 6) is 0.979. The molecule has 0 spiro atoms. The Hall–Kier alpha value is -2.36. The van der Waals surface area contributed by atoms with Crippen molar-refractivity contribution in [1.29, 1.82) is 0 Å². The molecule has 4 heteroatoms. The summed E-state index contributed by atoms with van der Waals surface area (Å²) in [7, 11) is 0. The van der Waals surface area contributed by atoms with Crippen LogP contribution in [0.15, 0.2) is 36.5 Å². The number of hydrogen-bond donors (Lipinski definition) is 1. The number of benzene rings is 1. The van der Waals surface area contributed by atoms with Crippen LogP contribution in [0.3, 0.4) is 0 Å². The molecule has 1 unspecified atom stereocenters. The first kappa shape index (κ1) is 17.5. The fourth-order valence-electron chi connectivity index (χ4n) is 3.19. The van der Waals surface area contributed by atoms with Gasteiger partial charge in [-0.1, -0.05) is 32.9 Å². The lowest BCUT2D eigenvalue weighted by molar-refractivity contribution is -0.123. The van der Waals surface area contributed by atoms with Gasteiger partial charge in [-0.2, -0.15) is 0 Å². The number of carbonyl (C=O) groups excluding carboxylic acids is 1. The summed E-state index contributed by atoms with van der Waals surface area (Å²) in [4.78, 5) is 16.5. The Labute approximate surface area is 149 Å². The Balaban J connectivity index is 1.72. The zero-order valence-corrected chi connectivity index (χ0v) is 15.4. The number of nitrogens with zero attached hydrogens (tertiary/aromatic N) is 1. The first-order valence-corrected chi connectivity index (χ1v) is 8.80. The van der Waals surface area contributed by atoms with Crippen molar-refractivity contribution in [2.75, 3.05) is 6.54 Å². The quantitative estimate of drug-likeness (QED) is 0.919. The van der Waals surface area contributed by atoms with Crippen molar-refractivity contribution in [2.45, 2.75) is 46.6 Å². The lowest BCUT2D eigenvalue weighted by atomic mass is 9.92. The van der Waals surface area contributed by atoms with Gasteiger partial charge in [0.05, 0.1) is 12.2 Å². The molecule has 1 aromatic carbocycles. The number of hydrogen-bond acceptors (Lipinski definition) is 3. The molecule has 1 amide bonds. The second-order valence-electron chi connectivity index (χ2n) is 8.00. The van der Waals surface area contributed by atoms with Gasteiger partial charge in [0.2, 0.25) is 5.91 Å². The minimum Gasteiger partial charge on any atom is -0.487 e. The predicted octanol–water partition coefficient (Wildman–Crippen LogP) is 3.91. The highest BCUT2D eigenvalue weighted by Gasteiger charge is 2.27. The summed E-state index contributed by atoms with van der Waals surface area (Å²) in [6, 6.07) is 10.2. The fourth-order valence-corrected chi connectivity index (χ4v) is 3.19. The molecule has 1 aliphatic heterocycles. The zero-order chi connectivity index (χ0) is 18.0. The maximum absolute atomic E-state index is 12.1. The molecule has 0 fully saturated rings. The largest absolute Gasteiger partial charge is 0.487 e. The van der Waals surface area contributed by atoms with Crippen LogP contribution >= 0.6 is 0 Å². The molecule has 0 bridgehead atoms. The molecule has 1 aliphatic rings. The molecule has 0 saturated carbocycles. The molecular formula is C21H26N2O2. The van der Waals surface area contributed by atoms with E-state index in [4.69, 9.17) is 4.74 Å². The molecule has 3 rings (SSSR count). The van der Waals surface area contributed by atoms with Crippen LogP contribution in [-0.4, -0.2) is 23.5 Å². The number of rotatable bonds is 4. The van der Waals surface area contributed by atoms with E-state index in [9.17, 15) is 4.79 Å². The minimum atomic E-state index is -0.0248. The smallest absolute Gasteiger partial charge is 0.220 e. The Bertz CT molecular complexity index is 763. The maximum atomic E-state index is 12.1. The molecule has 132 valence electrons. The van der Waals surface area contributed by atoms with Crippen molar-refractivity contribution < 1.29 is 9.53 Å². The SMILES string of the molecule is Cc1cc2c(c(-c3ccccn3)c1)OC(CNC(=O)CC(C)(C)C)C2. The average molecular weight is 338 g/mol. The van der Waals surface area contributed by atoms with Gasteiger partial charge >= 0.3 is 0 Å². The van der Waals surface area contributed by atoms with Gasteiger partial charge in [0, 0.05) is 24.6 Å². The van der Waals surface area contributed by atoms with Gasteiger partial charge in [0.25, 0.3) is 0 Å². The molecule has 1 N–H and O–H groups in total. The van der Waals surface area contributed by atoms with Crippen LogP contribution in [0.1, 0.15) is 38.3 Å². The van der Waals surface area contributed by atoms with Crippen LogP contribution in [0, 0.1) is 12.3 Å². The number of amides is 1. The summed E-state index contributed by atoms with van der Waals surface area (Å²) >= 11 is 0. The number of aryl methyl sites for hydroxylation is 1. The highest BCUT2D eigenvalue weighted by molar-refractivity contribution is 5.76. The molecule has 1 aromatic heterocycles. The van der Waals surface area contributed by atoms with Gasteiger partial charge in [-0.15, -0.1) is 0 Å². The Morgan fingerprint density at radius 3 is 2.80 bits per heavy atom. The number of carbonyl (C=O) groups is 1. The zero-order valence-electron chi connectivity index (χ0n) is 15.4. The number of nitrogens with one attached hydrogen (secondary N) is 1. The summed E-state index contributed by atoms with van der Waals surface area (Å²) in [6.45, 7) is 8.82. The Kier molecular flexibility index (Phi) is 4.80. The normalized spacial score (nSPS) is 16.2. The van der Waals surface area contributed by atoms with Crippen LogP contribution in [0.5, 0.6) is 5.75 Å². The van der Waals surface area contributed by atoms with E-state index in [1.54, 1.807) is 6.20 Å². The lowest BCUT2D eigenvalue weighted by Crippen LogP contribution is -2.36. The standard InChI is InChI=1S/C21H26N2O2/c1-14-9-15-11-16(13-23-19(24)12-21(2,3)4)25-20(15)17(10-14)18-7-5-6-8-22-18/h5-10,16H,11-13H2,1-4H3,(H,23,24). The van der Waals surface area contributed by atoms with Gasteiger partial charge in [0.1, 0.15) is 11.9 Å². The third-order valence-electron chi connectivity index (χ3n) is 4.20. The van der Waals surface area contributed by atoms with Crippen molar-refractivity contribution in [2.24, 2.45) is 5.41 Å². The summed E-state index contributed by atoms with van der Waals surface area (Å²) in [6.07, 6.45) is 3.10. The van der Waals surface area contributed by atoms with Crippen molar-refractivity contribution >= 4 is 5.91 Å². The van der Waals surface area contributed by atoms with Crippen molar-refractivity contribution in [3.05, 3.63) is 47.7 Å². The second-order valence-corrected chi connectivity index (χ2v) is 8.00. The Morgan fingerprint density at radius 1 is 1.32 bits per heavy atom. The molecule has 0 aliphatic carbocycles. The highest BCUT2D eigenvalue weighted by atomic mass is 16.5. The first-order valence-electron chi connectivity index (χ1n) is 8.80. The van der Waals surface area contributed by atoms with Crippen LogP contribution < -0.4 is 10.1 Å². The van der Waals surface area contributed by atoms with Crippen LogP contribution in [-0.2, 0) is 11.2 Å². The monoisotopic (exact) mass is 338 g/mol.